The van der Waals surface area contributed by atoms with Crippen LogP contribution >= 0.6 is 0 Å². The molecular weight excluding hydrogens is 215 g/mol. The van der Waals surface area contributed by atoms with E-state index in [9.17, 15) is 4.39 Å². The summed E-state index contributed by atoms with van der Waals surface area (Å²) in [5.41, 5.74) is 6.90. The van der Waals surface area contributed by atoms with Crippen molar-refractivity contribution in [3.63, 3.8) is 0 Å². The lowest BCUT2D eigenvalue weighted by Crippen LogP contribution is -2.27. The number of rotatable bonds is 3. The number of hydrogen-bond donors (Lipinski definition) is 2. The van der Waals surface area contributed by atoms with E-state index in [2.05, 4.69) is 12.2 Å². The van der Waals surface area contributed by atoms with E-state index >= 15 is 0 Å². The first kappa shape index (κ1) is 12.2. The summed E-state index contributed by atoms with van der Waals surface area (Å²) < 4.78 is 13.2. The third-order valence-corrected chi connectivity index (χ3v) is 3.67. The lowest BCUT2D eigenvalue weighted by molar-refractivity contribution is 0.328. The van der Waals surface area contributed by atoms with E-state index in [-0.39, 0.29) is 5.82 Å². The second-order valence-corrected chi connectivity index (χ2v) is 5.10. The van der Waals surface area contributed by atoms with Crippen LogP contribution in [0.25, 0.3) is 0 Å². The third-order valence-electron chi connectivity index (χ3n) is 3.67. The molecule has 1 aromatic carbocycles. The molecule has 0 aromatic heterocycles. The number of hydrogen-bond acceptors (Lipinski definition) is 2. The molecule has 1 unspecified atom stereocenters. The molecule has 0 radical (unpaired) electrons. The zero-order valence-electron chi connectivity index (χ0n) is 10.4. The molecule has 2 rings (SSSR count). The highest BCUT2D eigenvalue weighted by Gasteiger charge is 2.19. The molecule has 1 aliphatic rings. The predicted molar refractivity (Wildman–Crippen MR) is 70.5 cm³/mol. The van der Waals surface area contributed by atoms with E-state index in [1.807, 2.05) is 0 Å². The number of benzene rings is 1. The minimum atomic E-state index is -0.275. The molecule has 1 aromatic rings. The summed E-state index contributed by atoms with van der Waals surface area (Å²) >= 11 is 0. The minimum absolute atomic E-state index is 0.275. The van der Waals surface area contributed by atoms with Crippen LogP contribution in [0.2, 0.25) is 0 Å². The van der Waals surface area contributed by atoms with E-state index in [4.69, 9.17) is 5.73 Å². The average Bonchev–Trinajstić information content (AvgIpc) is 2.28. The number of nitrogens with two attached hydrogens (primary N) is 1. The number of halogens is 1. The molecule has 1 saturated carbocycles. The van der Waals surface area contributed by atoms with Gasteiger partial charge in [0.25, 0.3) is 0 Å². The van der Waals surface area contributed by atoms with E-state index in [1.54, 1.807) is 6.07 Å². The molecule has 2 nitrogen and oxygen atoms in total. The van der Waals surface area contributed by atoms with Gasteiger partial charge in [-0.15, -0.1) is 0 Å². The highest BCUT2D eigenvalue weighted by molar-refractivity contribution is 5.55. The fourth-order valence-electron chi connectivity index (χ4n) is 2.71. The zero-order valence-corrected chi connectivity index (χ0v) is 10.4. The highest BCUT2D eigenvalue weighted by Crippen LogP contribution is 2.28. The molecule has 3 heteroatoms. The van der Waals surface area contributed by atoms with E-state index in [0.29, 0.717) is 17.6 Å². The van der Waals surface area contributed by atoms with Crippen LogP contribution in [-0.2, 0) is 0 Å². The summed E-state index contributed by atoms with van der Waals surface area (Å²) in [5, 5.41) is 3.37. The lowest BCUT2D eigenvalue weighted by Gasteiger charge is -2.29. The van der Waals surface area contributed by atoms with Gasteiger partial charge in [-0.25, -0.2) is 4.39 Å². The SMILES string of the molecule is CC(Nc1cc(N)cc(F)c1)C1CCCCC1. The van der Waals surface area contributed by atoms with Crippen molar-refractivity contribution in [2.24, 2.45) is 5.92 Å². The Labute approximate surface area is 102 Å². The molecule has 0 heterocycles. The van der Waals surface area contributed by atoms with Crippen LogP contribution in [0.5, 0.6) is 0 Å². The Hall–Kier alpha value is -1.25. The van der Waals surface area contributed by atoms with Gasteiger partial charge in [-0.05, 0) is 43.9 Å². The first-order chi connectivity index (χ1) is 8.15. The summed E-state index contributed by atoms with van der Waals surface area (Å²) in [6, 6.07) is 5.03. The molecule has 0 amide bonds. The Bertz CT molecular complexity index is 352. The summed E-state index contributed by atoms with van der Waals surface area (Å²) in [7, 11) is 0. The second-order valence-electron chi connectivity index (χ2n) is 5.10. The van der Waals surface area contributed by atoms with Crippen molar-refractivity contribution in [1.29, 1.82) is 0 Å². The van der Waals surface area contributed by atoms with E-state index in [1.165, 1.54) is 44.2 Å². The second kappa shape index (κ2) is 5.39. The van der Waals surface area contributed by atoms with E-state index < -0.39 is 0 Å². The third kappa shape index (κ3) is 3.35. The predicted octanol–water partition coefficient (Wildman–Crippen LogP) is 3.79. The Morgan fingerprint density at radius 1 is 1.24 bits per heavy atom. The monoisotopic (exact) mass is 236 g/mol. The van der Waals surface area contributed by atoms with Crippen molar-refractivity contribution in [3.05, 3.63) is 24.0 Å². The summed E-state index contributed by atoms with van der Waals surface area (Å²) in [4.78, 5) is 0. The van der Waals surface area contributed by atoms with Crippen molar-refractivity contribution >= 4 is 11.4 Å². The summed E-state index contributed by atoms with van der Waals surface area (Å²) in [6.07, 6.45) is 6.55. The standard InChI is InChI=1S/C14H21FN2/c1-10(11-5-3-2-4-6-11)17-14-8-12(15)7-13(16)9-14/h7-11,17H,2-6,16H2,1H3. The van der Waals surface area contributed by atoms with Gasteiger partial charge in [0.05, 0.1) is 0 Å². The molecule has 1 atom stereocenters. The van der Waals surface area contributed by atoms with Crippen molar-refractivity contribution in [2.45, 2.75) is 45.1 Å². The zero-order chi connectivity index (χ0) is 12.3. The van der Waals surface area contributed by atoms with Gasteiger partial charge >= 0.3 is 0 Å². The molecule has 17 heavy (non-hydrogen) atoms. The van der Waals surface area contributed by atoms with Gasteiger partial charge in [-0.1, -0.05) is 19.3 Å². The molecule has 3 N–H and O–H groups in total. The van der Waals surface area contributed by atoms with Crippen molar-refractivity contribution in [1.82, 2.24) is 0 Å². The largest absolute Gasteiger partial charge is 0.399 e. The maximum atomic E-state index is 13.2. The van der Waals surface area contributed by atoms with Gasteiger partial charge in [0.15, 0.2) is 0 Å². The normalized spacial score (nSPS) is 18.9. The van der Waals surface area contributed by atoms with Gasteiger partial charge in [-0.3, -0.25) is 0 Å². The number of anilines is 2. The fraction of sp³-hybridized carbons (Fsp3) is 0.571. The number of nitrogens with one attached hydrogen (secondary N) is 1. The van der Waals surface area contributed by atoms with Gasteiger partial charge < -0.3 is 11.1 Å². The van der Waals surface area contributed by atoms with Crippen molar-refractivity contribution < 1.29 is 4.39 Å². The van der Waals surface area contributed by atoms with Crippen LogP contribution in [-0.4, -0.2) is 6.04 Å². The topological polar surface area (TPSA) is 38.0 Å². The van der Waals surface area contributed by atoms with Gasteiger partial charge in [0.2, 0.25) is 0 Å². The highest BCUT2D eigenvalue weighted by atomic mass is 19.1. The van der Waals surface area contributed by atoms with Crippen LogP contribution in [0.1, 0.15) is 39.0 Å². The minimum Gasteiger partial charge on any atom is -0.399 e. The molecule has 0 spiro atoms. The Balaban J connectivity index is 1.99. The Morgan fingerprint density at radius 3 is 2.59 bits per heavy atom. The van der Waals surface area contributed by atoms with Crippen molar-refractivity contribution in [2.75, 3.05) is 11.1 Å². The molecule has 0 aliphatic heterocycles. The maximum absolute atomic E-state index is 13.2. The van der Waals surface area contributed by atoms with Gasteiger partial charge in [0.1, 0.15) is 5.82 Å². The molecule has 1 aliphatic carbocycles. The van der Waals surface area contributed by atoms with Crippen LogP contribution in [0, 0.1) is 11.7 Å². The smallest absolute Gasteiger partial charge is 0.127 e. The first-order valence-corrected chi connectivity index (χ1v) is 6.48. The summed E-state index contributed by atoms with van der Waals surface area (Å²) in [6.45, 7) is 2.18. The molecule has 0 bridgehead atoms. The van der Waals surface area contributed by atoms with Crippen LogP contribution < -0.4 is 11.1 Å². The first-order valence-electron chi connectivity index (χ1n) is 6.48. The molecule has 0 saturated heterocycles. The summed E-state index contributed by atoms with van der Waals surface area (Å²) in [5.74, 6) is 0.427. The average molecular weight is 236 g/mol. The molecule has 94 valence electrons. The maximum Gasteiger partial charge on any atom is 0.127 e. The lowest BCUT2D eigenvalue weighted by atomic mass is 9.84. The Morgan fingerprint density at radius 2 is 1.94 bits per heavy atom. The van der Waals surface area contributed by atoms with Crippen LogP contribution in [0.3, 0.4) is 0 Å². The Kier molecular flexibility index (Phi) is 3.87. The molecule has 1 fully saturated rings. The fourth-order valence-corrected chi connectivity index (χ4v) is 2.71. The molecular formula is C14H21FN2. The van der Waals surface area contributed by atoms with Gasteiger partial charge in [-0.2, -0.15) is 0 Å². The number of nitrogen functional groups attached to an aromatic ring is 1. The van der Waals surface area contributed by atoms with E-state index in [0.717, 1.165) is 5.69 Å². The van der Waals surface area contributed by atoms with Crippen LogP contribution in [0.4, 0.5) is 15.8 Å². The van der Waals surface area contributed by atoms with Crippen LogP contribution in [0.15, 0.2) is 18.2 Å². The van der Waals surface area contributed by atoms with Gasteiger partial charge in [0, 0.05) is 17.4 Å². The quantitative estimate of drug-likeness (QED) is 0.784. The van der Waals surface area contributed by atoms with Crippen molar-refractivity contribution in [3.8, 4) is 0 Å².